The Hall–Kier alpha value is -4.75. The third-order valence-electron chi connectivity index (χ3n) is 9.28. The number of hydrogen-bond acceptors (Lipinski definition) is 7. The molecule has 0 amide bonds. The van der Waals surface area contributed by atoms with Crippen molar-refractivity contribution in [3.05, 3.63) is 112 Å². The molecule has 0 saturated carbocycles. The van der Waals surface area contributed by atoms with E-state index >= 15 is 0 Å². The van der Waals surface area contributed by atoms with Crippen molar-refractivity contribution in [2.75, 3.05) is 45.7 Å². The Morgan fingerprint density at radius 3 is 2.75 bits per heavy atom. The van der Waals surface area contributed by atoms with Crippen molar-refractivity contribution in [3.8, 4) is 11.8 Å². The van der Waals surface area contributed by atoms with Crippen LogP contribution in [-0.2, 0) is 24.2 Å². The molecule has 1 aliphatic heterocycles. The first-order valence-corrected chi connectivity index (χ1v) is 16.7. The number of aromatic nitrogens is 4. The fraction of sp³-hybridized carbons (Fsp3) is 0.359. The molecule has 1 saturated heterocycles. The van der Waals surface area contributed by atoms with E-state index in [1.54, 1.807) is 13.3 Å². The van der Waals surface area contributed by atoms with Crippen LogP contribution in [0.15, 0.2) is 73.3 Å². The number of likely N-dealkylation sites (N-methyl/N-ethyl adjacent to an activating group) is 1. The number of nitrogens with one attached hydrogen (secondary N) is 1. The lowest BCUT2D eigenvalue weighted by molar-refractivity contribution is 0.0991. The molecule has 0 spiro atoms. The number of Topliss-reactive ketones (excluding diaryl/α,β-unsaturated/α-hetero) is 1. The van der Waals surface area contributed by atoms with Crippen molar-refractivity contribution < 1.29 is 9.53 Å². The number of carbonyl (C=O) groups excluding carboxylic acids is 1. The number of ether oxygens (including phenoxy) is 1. The number of piperazine rings is 1. The van der Waals surface area contributed by atoms with Crippen LogP contribution in [0.3, 0.4) is 0 Å². The Kier molecular flexibility index (Phi) is 10.4. The van der Waals surface area contributed by atoms with Gasteiger partial charge in [0.25, 0.3) is 0 Å². The van der Waals surface area contributed by atoms with Crippen LogP contribution in [0.4, 0.5) is 11.4 Å². The second-order valence-electron chi connectivity index (χ2n) is 12.9. The fourth-order valence-corrected chi connectivity index (χ4v) is 6.18. The average Bonchev–Trinajstić information content (AvgIpc) is 3.71. The normalized spacial score (nSPS) is 15.4. The molecule has 0 radical (unpaired) electrons. The molecule has 2 aromatic carbocycles. The highest BCUT2D eigenvalue weighted by atomic mass is 16.5. The number of ketones is 1. The van der Waals surface area contributed by atoms with Crippen LogP contribution in [0, 0.1) is 25.7 Å². The van der Waals surface area contributed by atoms with Crippen molar-refractivity contribution in [2.45, 2.75) is 52.7 Å². The summed E-state index contributed by atoms with van der Waals surface area (Å²) in [5, 5.41) is 7.87. The first-order valence-electron chi connectivity index (χ1n) is 16.7. The molecule has 9 nitrogen and oxygen atoms in total. The van der Waals surface area contributed by atoms with E-state index in [2.05, 4.69) is 76.1 Å². The van der Waals surface area contributed by atoms with Gasteiger partial charge in [-0.2, -0.15) is 5.10 Å². The van der Waals surface area contributed by atoms with Crippen molar-refractivity contribution in [1.82, 2.24) is 29.0 Å². The van der Waals surface area contributed by atoms with E-state index in [1.807, 2.05) is 64.9 Å². The van der Waals surface area contributed by atoms with Gasteiger partial charge in [-0.15, -0.1) is 0 Å². The second kappa shape index (κ2) is 15.0. The molecule has 0 aliphatic carbocycles. The molecule has 0 bridgehead atoms. The highest BCUT2D eigenvalue weighted by Gasteiger charge is 2.21. The van der Waals surface area contributed by atoms with Gasteiger partial charge in [0.2, 0.25) is 0 Å². The molecule has 248 valence electrons. The molecular formula is C39H45N7O2. The Balaban J connectivity index is 1.13. The summed E-state index contributed by atoms with van der Waals surface area (Å²) in [4.78, 5) is 23.0. The lowest BCUT2D eigenvalue weighted by atomic mass is 9.96. The molecule has 1 N–H and O–H groups in total. The van der Waals surface area contributed by atoms with Gasteiger partial charge in [-0.3, -0.25) is 18.8 Å². The smallest absolute Gasteiger partial charge is 0.167 e. The number of aryl methyl sites for hydroxylation is 3. The lowest BCUT2D eigenvalue weighted by Gasteiger charge is -2.37. The van der Waals surface area contributed by atoms with Crippen molar-refractivity contribution in [3.63, 3.8) is 0 Å². The summed E-state index contributed by atoms with van der Waals surface area (Å²) in [6.07, 6.45) is 8.78. The maximum atomic E-state index is 13.4. The van der Waals surface area contributed by atoms with E-state index in [4.69, 9.17) is 4.74 Å². The Morgan fingerprint density at radius 1 is 1.06 bits per heavy atom. The van der Waals surface area contributed by atoms with Crippen LogP contribution in [-0.4, -0.2) is 81.2 Å². The monoisotopic (exact) mass is 643 g/mol. The zero-order valence-corrected chi connectivity index (χ0v) is 28.7. The zero-order valence-electron chi connectivity index (χ0n) is 28.7. The van der Waals surface area contributed by atoms with Crippen LogP contribution < -0.4 is 5.32 Å². The number of rotatable bonds is 11. The molecule has 9 heteroatoms. The zero-order chi connectivity index (χ0) is 33.6. The predicted octanol–water partition coefficient (Wildman–Crippen LogP) is 5.89. The number of nitrogens with zero attached hydrogens (tertiary/aromatic N) is 6. The number of hydrogen-bond donors (Lipinski definition) is 1. The molecule has 1 fully saturated rings. The van der Waals surface area contributed by atoms with Crippen LogP contribution in [0.5, 0.6) is 0 Å². The van der Waals surface area contributed by atoms with Crippen molar-refractivity contribution in [1.29, 1.82) is 0 Å². The molecule has 0 unspecified atom stereocenters. The summed E-state index contributed by atoms with van der Waals surface area (Å²) in [5.74, 6) is 6.69. The van der Waals surface area contributed by atoms with Gasteiger partial charge in [0.05, 0.1) is 23.8 Å². The van der Waals surface area contributed by atoms with Gasteiger partial charge in [0.15, 0.2) is 11.4 Å². The summed E-state index contributed by atoms with van der Waals surface area (Å²) in [7, 11) is 3.90. The maximum Gasteiger partial charge on any atom is 0.167 e. The standard InChI is InChI=1S/C39H45N7O2/c1-28-9-11-33(38(47)21-31-10-12-34(29(2)20-31)26-44-18-17-43(4)30(3)25-44)22-32(28)13-14-36-24-40-39-37(8-6-16-46(36)39)42-35-23-41-45(27-35)15-7-19-48-5/h6,8-12,16,20,22-24,27,30,42H,7,15,17-19,21,25-26H2,1-5H3/t30-/m1/s1. The van der Waals surface area contributed by atoms with Crippen LogP contribution in [0.2, 0.25) is 0 Å². The Labute approximate surface area is 283 Å². The topological polar surface area (TPSA) is 79.9 Å². The molecule has 1 aliphatic rings. The van der Waals surface area contributed by atoms with Gasteiger partial charge in [-0.25, -0.2) is 4.98 Å². The Morgan fingerprint density at radius 2 is 1.94 bits per heavy atom. The number of fused-ring (bicyclic) bond motifs is 1. The molecule has 48 heavy (non-hydrogen) atoms. The molecule has 6 rings (SSSR count). The highest BCUT2D eigenvalue weighted by molar-refractivity contribution is 5.98. The largest absolute Gasteiger partial charge is 0.385 e. The average molecular weight is 644 g/mol. The number of anilines is 2. The van der Waals surface area contributed by atoms with Gasteiger partial charge >= 0.3 is 0 Å². The SMILES string of the molecule is COCCCn1cc(Nc2cccn3c(C#Cc4cc(C(=O)Cc5ccc(CN6CCN(C)[C@H](C)C6)c(C)c5)ccc4C)cnc23)cn1. The van der Waals surface area contributed by atoms with Crippen LogP contribution >= 0.6 is 0 Å². The predicted molar refractivity (Wildman–Crippen MR) is 191 cm³/mol. The van der Waals surface area contributed by atoms with Gasteiger partial charge in [-0.1, -0.05) is 36.3 Å². The third-order valence-corrected chi connectivity index (χ3v) is 9.28. The lowest BCUT2D eigenvalue weighted by Crippen LogP contribution is -2.49. The quantitative estimate of drug-likeness (QED) is 0.109. The minimum atomic E-state index is 0.0885. The molecule has 1 atom stereocenters. The van der Waals surface area contributed by atoms with Crippen LogP contribution in [0.25, 0.3) is 5.65 Å². The number of pyridine rings is 1. The van der Waals surface area contributed by atoms with E-state index in [1.165, 1.54) is 11.1 Å². The summed E-state index contributed by atoms with van der Waals surface area (Å²) >= 11 is 0. The van der Waals surface area contributed by atoms with Crippen LogP contribution in [0.1, 0.15) is 57.2 Å². The number of methoxy groups -OCH3 is 1. The second-order valence-corrected chi connectivity index (χ2v) is 12.9. The van der Waals surface area contributed by atoms with E-state index in [0.29, 0.717) is 24.6 Å². The van der Waals surface area contributed by atoms with E-state index in [-0.39, 0.29) is 5.78 Å². The number of carbonyl (C=O) groups is 1. The number of imidazole rings is 1. The summed E-state index contributed by atoms with van der Waals surface area (Å²) in [6.45, 7) is 12.2. The molecule has 3 aromatic heterocycles. The Bertz CT molecular complexity index is 1960. The summed E-state index contributed by atoms with van der Waals surface area (Å²) in [6, 6.07) is 16.8. The molecule has 5 aromatic rings. The summed E-state index contributed by atoms with van der Waals surface area (Å²) in [5.41, 5.74) is 9.42. The first kappa shape index (κ1) is 33.2. The highest BCUT2D eigenvalue weighted by Crippen LogP contribution is 2.22. The molecule has 4 heterocycles. The first-order chi connectivity index (χ1) is 23.3. The van der Waals surface area contributed by atoms with Gasteiger partial charge in [-0.05, 0) is 80.6 Å². The van der Waals surface area contributed by atoms with Gasteiger partial charge < -0.3 is 15.0 Å². The van der Waals surface area contributed by atoms with E-state index in [9.17, 15) is 4.79 Å². The van der Waals surface area contributed by atoms with E-state index in [0.717, 1.165) is 78.6 Å². The minimum Gasteiger partial charge on any atom is -0.385 e. The minimum absolute atomic E-state index is 0.0885. The van der Waals surface area contributed by atoms with Crippen molar-refractivity contribution in [2.24, 2.45) is 0 Å². The van der Waals surface area contributed by atoms with E-state index < -0.39 is 0 Å². The fourth-order valence-electron chi connectivity index (χ4n) is 6.18. The molecular weight excluding hydrogens is 598 g/mol. The maximum absolute atomic E-state index is 13.4. The van der Waals surface area contributed by atoms with Gasteiger partial charge in [0.1, 0.15) is 5.69 Å². The summed E-state index contributed by atoms with van der Waals surface area (Å²) < 4.78 is 9.02. The number of benzene rings is 2. The third kappa shape index (κ3) is 7.85. The van der Waals surface area contributed by atoms with Gasteiger partial charge in [0, 0.05) is 82.4 Å². The van der Waals surface area contributed by atoms with Crippen molar-refractivity contribution >= 4 is 22.8 Å².